The Bertz CT molecular complexity index is 354. The lowest BCUT2D eigenvalue weighted by Gasteiger charge is -2.25. The van der Waals surface area contributed by atoms with E-state index < -0.39 is 0 Å². The van der Waals surface area contributed by atoms with Gasteiger partial charge < -0.3 is 9.32 Å². The van der Waals surface area contributed by atoms with Crippen LogP contribution in [0.1, 0.15) is 42.6 Å². The number of rotatable bonds is 4. The summed E-state index contributed by atoms with van der Waals surface area (Å²) in [5.74, 6) is 0.987. The molecular weight excluding hydrogens is 204 g/mol. The van der Waals surface area contributed by atoms with E-state index in [0.29, 0.717) is 11.7 Å². The lowest BCUT2D eigenvalue weighted by Crippen LogP contribution is -2.31. The fraction of sp³-hybridized carbons (Fsp3) is 0.667. The highest BCUT2D eigenvalue weighted by molar-refractivity contribution is 5.90. The minimum Gasteiger partial charge on any atom is -0.438 e. The lowest BCUT2D eigenvalue weighted by molar-refractivity contribution is 0.0985. The van der Waals surface area contributed by atoms with Crippen molar-refractivity contribution in [2.45, 2.75) is 32.6 Å². The third-order valence-electron chi connectivity index (χ3n) is 2.99. The van der Waals surface area contributed by atoms with Crippen LogP contribution in [0.5, 0.6) is 0 Å². The smallest absolute Gasteiger partial charge is 0.196 e. The maximum absolute atomic E-state index is 11.0. The molecule has 16 heavy (non-hydrogen) atoms. The van der Waals surface area contributed by atoms with Gasteiger partial charge in [-0.15, -0.1) is 0 Å². The number of likely N-dealkylation sites (tertiary alicyclic amines) is 1. The van der Waals surface area contributed by atoms with Gasteiger partial charge >= 0.3 is 0 Å². The van der Waals surface area contributed by atoms with Gasteiger partial charge in [-0.2, -0.15) is 0 Å². The standard InChI is InChI=1S/C12H18N2O2/c1-10(15)11-9-13-12(16-11)5-8-14-6-3-2-4-7-14/h9H,2-8H2,1H3. The molecule has 4 nitrogen and oxygen atoms in total. The van der Waals surface area contributed by atoms with Gasteiger partial charge in [-0.25, -0.2) is 4.98 Å². The van der Waals surface area contributed by atoms with Crippen LogP contribution in [-0.4, -0.2) is 35.3 Å². The van der Waals surface area contributed by atoms with E-state index in [-0.39, 0.29) is 5.78 Å². The third kappa shape index (κ3) is 2.92. The van der Waals surface area contributed by atoms with Crippen LogP contribution in [0.3, 0.4) is 0 Å². The van der Waals surface area contributed by atoms with E-state index in [2.05, 4.69) is 9.88 Å². The van der Waals surface area contributed by atoms with Gasteiger partial charge in [0, 0.05) is 19.9 Å². The van der Waals surface area contributed by atoms with Gasteiger partial charge in [0.25, 0.3) is 0 Å². The Morgan fingerprint density at radius 1 is 1.44 bits per heavy atom. The van der Waals surface area contributed by atoms with Gasteiger partial charge in [0.2, 0.25) is 0 Å². The number of carbonyl (C=O) groups excluding carboxylic acids is 1. The molecule has 0 amide bonds. The van der Waals surface area contributed by atoms with Crippen molar-refractivity contribution in [1.29, 1.82) is 0 Å². The summed E-state index contributed by atoms with van der Waals surface area (Å²) in [5.41, 5.74) is 0. The minimum atomic E-state index is -0.0586. The molecule has 0 bridgehead atoms. The van der Waals surface area contributed by atoms with Crippen LogP contribution >= 0.6 is 0 Å². The Morgan fingerprint density at radius 2 is 2.19 bits per heavy atom. The van der Waals surface area contributed by atoms with Crippen LogP contribution in [-0.2, 0) is 6.42 Å². The fourth-order valence-electron chi connectivity index (χ4n) is 2.03. The molecule has 2 rings (SSSR count). The maximum atomic E-state index is 11.0. The van der Waals surface area contributed by atoms with Crippen molar-refractivity contribution in [2.75, 3.05) is 19.6 Å². The topological polar surface area (TPSA) is 46.3 Å². The van der Waals surface area contributed by atoms with Gasteiger partial charge in [0.15, 0.2) is 17.4 Å². The van der Waals surface area contributed by atoms with E-state index in [1.54, 1.807) is 0 Å². The largest absolute Gasteiger partial charge is 0.438 e. The van der Waals surface area contributed by atoms with Crippen LogP contribution in [0, 0.1) is 0 Å². The van der Waals surface area contributed by atoms with Gasteiger partial charge in [-0.3, -0.25) is 4.79 Å². The lowest BCUT2D eigenvalue weighted by atomic mass is 10.1. The van der Waals surface area contributed by atoms with Gasteiger partial charge in [-0.05, 0) is 25.9 Å². The van der Waals surface area contributed by atoms with E-state index in [9.17, 15) is 4.79 Å². The summed E-state index contributed by atoms with van der Waals surface area (Å²) < 4.78 is 5.35. The van der Waals surface area contributed by atoms with Crippen molar-refractivity contribution in [3.63, 3.8) is 0 Å². The first kappa shape index (κ1) is 11.3. The average molecular weight is 222 g/mol. The predicted octanol–water partition coefficient (Wildman–Crippen LogP) is 1.91. The molecule has 1 aliphatic heterocycles. The zero-order valence-electron chi connectivity index (χ0n) is 9.74. The molecule has 4 heteroatoms. The molecule has 0 spiro atoms. The Labute approximate surface area is 95.6 Å². The number of hydrogen-bond donors (Lipinski definition) is 0. The molecule has 1 saturated heterocycles. The summed E-state index contributed by atoms with van der Waals surface area (Å²) in [7, 11) is 0. The van der Waals surface area contributed by atoms with Crippen LogP contribution < -0.4 is 0 Å². The number of oxazole rings is 1. The molecule has 0 N–H and O–H groups in total. The molecular formula is C12H18N2O2. The van der Waals surface area contributed by atoms with Crippen molar-refractivity contribution in [3.8, 4) is 0 Å². The Balaban J connectivity index is 1.81. The summed E-state index contributed by atoms with van der Waals surface area (Å²) in [5, 5.41) is 0. The highest BCUT2D eigenvalue weighted by atomic mass is 16.4. The molecule has 0 saturated carbocycles. The van der Waals surface area contributed by atoms with E-state index in [1.165, 1.54) is 45.5 Å². The molecule has 1 aliphatic rings. The van der Waals surface area contributed by atoms with Crippen molar-refractivity contribution >= 4 is 5.78 Å². The minimum absolute atomic E-state index is 0.0586. The predicted molar refractivity (Wildman–Crippen MR) is 60.5 cm³/mol. The highest BCUT2D eigenvalue weighted by Crippen LogP contribution is 2.10. The normalized spacial score (nSPS) is 17.6. The van der Waals surface area contributed by atoms with E-state index in [4.69, 9.17) is 4.42 Å². The quantitative estimate of drug-likeness (QED) is 0.730. The first-order chi connectivity index (χ1) is 7.75. The van der Waals surface area contributed by atoms with Crippen molar-refractivity contribution < 1.29 is 9.21 Å². The monoisotopic (exact) mass is 222 g/mol. The van der Waals surface area contributed by atoms with Crippen molar-refractivity contribution in [1.82, 2.24) is 9.88 Å². The molecule has 0 unspecified atom stereocenters. The molecule has 2 heterocycles. The Kier molecular flexibility index (Phi) is 3.72. The fourth-order valence-corrected chi connectivity index (χ4v) is 2.03. The number of aromatic nitrogens is 1. The summed E-state index contributed by atoms with van der Waals surface area (Å²) in [6.45, 7) is 4.84. The molecule has 0 aromatic carbocycles. The van der Waals surface area contributed by atoms with Crippen LogP contribution in [0.25, 0.3) is 0 Å². The molecule has 0 radical (unpaired) electrons. The maximum Gasteiger partial charge on any atom is 0.196 e. The second-order valence-electron chi connectivity index (χ2n) is 4.33. The molecule has 0 aliphatic carbocycles. The molecule has 0 atom stereocenters. The van der Waals surface area contributed by atoms with Crippen LogP contribution in [0.4, 0.5) is 0 Å². The number of piperidine rings is 1. The Hall–Kier alpha value is -1.16. The van der Waals surface area contributed by atoms with Gasteiger partial charge in [0.1, 0.15) is 0 Å². The van der Waals surface area contributed by atoms with Gasteiger partial charge in [-0.1, -0.05) is 6.42 Å². The second-order valence-corrected chi connectivity index (χ2v) is 4.33. The van der Waals surface area contributed by atoms with E-state index >= 15 is 0 Å². The summed E-state index contributed by atoms with van der Waals surface area (Å²) in [6.07, 6.45) is 6.26. The van der Waals surface area contributed by atoms with E-state index in [1.807, 2.05) is 0 Å². The zero-order valence-corrected chi connectivity index (χ0v) is 9.74. The first-order valence-corrected chi connectivity index (χ1v) is 5.94. The highest BCUT2D eigenvalue weighted by Gasteiger charge is 2.12. The van der Waals surface area contributed by atoms with Crippen LogP contribution in [0.2, 0.25) is 0 Å². The Morgan fingerprint density at radius 3 is 2.81 bits per heavy atom. The van der Waals surface area contributed by atoms with Crippen LogP contribution in [0.15, 0.2) is 10.6 Å². The summed E-state index contributed by atoms with van der Waals surface area (Å²) in [6, 6.07) is 0. The number of carbonyl (C=O) groups is 1. The molecule has 1 aromatic heterocycles. The number of ketones is 1. The van der Waals surface area contributed by atoms with E-state index in [0.717, 1.165) is 13.0 Å². The third-order valence-corrected chi connectivity index (χ3v) is 2.99. The second kappa shape index (κ2) is 5.25. The first-order valence-electron chi connectivity index (χ1n) is 5.94. The molecule has 88 valence electrons. The zero-order chi connectivity index (χ0) is 11.4. The number of hydrogen-bond acceptors (Lipinski definition) is 4. The van der Waals surface area contributed by atoms with Crippen molar-refractivity contribution in [2.24, 2.45) is 0 Å². The van der Waals surface area contributed by atoms with Gasteiger partial charge in [0.05, 0.1) is 6.20 Å². The summed E-state index contributed by atoms with van der Waals surface area (Å²) in [4.78, 5) is 17.6. The van der Waals surface area contributed by atoms with Crippen molar-refractivity contribution in [3.05, 3.63) is 17.8 Å². The SMILES string of the molecule is CC(=O)c1cnc(CCN2CCCCC2)o1. The summed E-state index contributed by atoms with van der Waals surface area (Å²) >= 11 is 0. The number of nitrogens with zero attached hydrogens (tertiary/aromatic N) is 2. The number of Topliss-reactive ketones (excluding diaryl/α,β-unsaturated/α-hetero) is 1. The molecule has 1 aromatic rings. The average Bonchev–Trinajstić information content (AvgIpc) is 2.76. The molecule has 1 fully saturated rings.